The van der Waals surface area contributed by atoms with E-state index in [1.807, 2.05) is 41.6 Å². The zero-order chi connectivity index (χ0) is 24.5. The molecular weight excluding hydrogens is 466 g/mol. The second-order valence-electron chi connectivity index (χ2n) is 8.98. The number of piperazine rings is 1. The molecule has 5 rings (SSSR count). The molecule has 0 saturated carbocycles. The van der Waals surface area contributed by atoms with Crippen LogP contribution in [-0.2, 0) is 9.59 Å². The van der Waals surface area contributed by atoms with E-state index in [0.717, 1.165) is 46.0 Å². The van der Waals surface area contributed by atoms with Crippen molar-refractivity contribution in [1.82, 2.24) is 20.2 Å². The number of nitrogens with zero attached hydrogens (tertiary/aromatic N) is 4. The fourth-order valence-corrected chi connectivity index (χ4v) is 5.40. The summed E-state index contributed by atoms with van der Waals surface area (Å²) in [5.74, 6) is 1.60. The average Bonchev–Trinajstić information content (AvgIpc) is 3.53. The number of benzene rings is 1. The number of ether oxygens (including phenoxy) is 2. The molecule has 0 radical (unpaired) electrons. The lowest BCUT2D eigenvalue weighted by molar-refractivity contribution is -0.129. The van der Waals surface area contributed by atoms with Crippen molar-refractivity contribution in [1.29, 1.82) is 0 Å². The maximum Gasteiger partial charge on any atom is 0.237 e. The third-order valence-electron chi connectivity index (χ3n) is 6.78. The van der Waals surface area contributed by atoms with E-state index in [-0.39, 0.29) is 23.8 Å². The number of hydrogen-bond acceptors (Lipinski definition) is 8. The minimum Gasteiger partial charge on any atom is -0.489 e. The summed E-state index contributed by atoms with van der Waals surface area (Å²) in [5, 5.41) is 2.88. The van der Waals surface area contributed by atoms with E-state index < -0.39 is 0 Å². The predicted molar refractivity (Wildman–Crippen MR) is 135 cm³/mol. The van der Waals surface area contributed by atoms with Crippen LogP contribution in [0.5, 0.6) is 11.6 Å². The molecule has 0 spiro atoms. The van der Waals surface area contributed by atoms with E-state index in [1.54, 1.807) is 14.0 Å². The lowest BCUT2D eigenvalue weighted by atomic mass is 10.0. The summed E-state index contributed by atoms with van der Waals surface area (Å²) in [4.78, 5) is 36.7. The van der Waals surface area contributed by atoms with Gasteiger partial charge in [-0.25, -0.2) is 9.97 Å². The Hall–Kier alpha value is -3.40. The highest BCUT2D eigenvalue weighted by molar-refractivity contribution is 7.17. The number of hydrogen-bond donors (Lipinski definition) is 1. The largest absolute Gasteiger partial charge is 0.489 e. The highest BCUT2D eigenvalue weighted by Gasteiger charge is 2.29. The number of amides is 2. The number of anilines is 1. The van der Waals surface area contributed by atoms with Crippen molar-refractivity contribution in [3.8, 4) is 22.9 Å². The number of thiazole rings is 1. The van der Waals surface area contributed by atoms with Crippen LogP contribution < -0.4 is 19.7 Å². The first-order valence-corrected chi connectivity index (χ1v) is 12.7. The predicted octanol–water partition coefficient (Wildman–Crippen LogP) is 2.94. The van der Waals surface area contributed by atoms with Gasteiger partial charge in [0.05, 0.1) is 28.5 Å². The summed E-state index contributed by atoms with van der Waals surface area (Å²) in [6.45, 7) is 7.07. The first kappa shape index (κ1) is 23.3. The van der Waals surface area contributed by atoms with Gasteiger partial charge in [-0.05, 0) is 31.2 Å². The number of methoxy groups -OCH3 is 1. The fourth-order valence-electron chi connectivity index (χ4n) is 4.68. The van der Waals surface area contributed by atoms with Gasteiger partial charge < -0.3 is 24.6 Å². The lowest BCUT2D eigenvalue weighted by Gasteiger charge is -2.35. The minimum absolute atomic E-state index is 0.0706. The molecule has 9 nitrogen and oxygen atoms in total. The molecule has 0 unspecified atom stereocenters. The smallest absolute Gasteiger partial charge is 0.237 e. The molecule has 35 heavy (non-hydrogen) atoms. The second kappa shape index (κ2) is 9.69. The van der Waals surface area contributed by atoms with E-state index in [0.29, 0.717) is 31.9 Å². The van der Waals surface area contributed by atoms with E-state index in [2.05, 4.69) is 15.2 Å². The van der Waals surface area contributed by atoms with Crippen molar-refractivity contribution >= 4 is 39.1 Å². The standard InChI is InChI=1S/C25H29N5O4S/c1-15(18-12-23(32)26-13-18)34-22-11-17(10-20-24(22)35-14-27-20)19-4-5-21(25(28-19)33-3)30-8-6-29(7-9-30)16(2)31/h4-5,10-11,14-15,18H,6-9,12-13H2,1-3H3,(H,26,32)/t15-,18-/m1/s1. The molecule has 4 heterocycles. The molecule has 0 aliphatic carbocycles. The van der Waals surface area contributed by atoms with Crippen molar-refractivity contribution in [3.63, 3.8) is 0 Å². The third-order valence-corrected chi connectivity index (χ3v) is 7.64. The van der Waals surface area contributed by atoms with Crippen LogP contribution in [0.3, 0.4) is 0 Å². The summed E-state index contributed by atoms with van der Waals surface area (Å²) in [7, 11) is 1.62. The molecule has 2 aliphatic rings. The van der Waals surface area contributed by atoms with Crippen molar-refractivity contribution in [2.45, 2.75) is 26.4 Å². The van der Waals surface area contributed by atoms with Gasteiger partial charge in [0.1, 0.15) is 17.5 Å². The fraction of sp³-hybridized carbons (Fsp3) is 0.440. The normalized spacial score (nSPS) is 19.1. The van der Waals surface area contributed by atoms with Gasteiger partial charge in [-0.3, -0.25) is 9.59 Å². The van der Waals surface area contributed by atoms with Crippen LogP contribution in [0.25, 0.3) is 21.5 Å². The highest BCUT2D eigenvalue weighted by atomic mass is 32.1. The van der Waals surface area contributed by atoms with Crippen LogP contribution in [0.15, 0.2) is 29.8 Å². The van der Waals surface area contributed by atoms with Crippen molar-refractivity contribution < 1.29 is 19.1 Å². The van der Waals surface area contributed by atoms with Gasteiger partial charge in [-0.2, -0.15) is 0 Å². The number of nitrogens with one attached hydrogen (secondary N) is 1. The van der Waals surface area contributed by atoms with Crippen LogP contribution in [0.1, 0.15) is 20.3 Å². The van der Waals surface area contributed by atoms with Crippen LogP contribution in [0, 0.1) is 5.92 Å². The van der Waals surface area contributed by atoms with Crippen LogP contribution in [0.4, 0.5) is 5.69 Å². The molecule has 2 amide bonds. The molecule has 2 aliphatic heterocycles. The molecular formula is C25H29N5O4S. The number of carbonyl (C=O) groups is 2. The Labute approximate surface area is 208 Å². The quantitative estimate of drug-likeness (QED) is 0.562. The van der Waals surface area contributed by atoms with Crippen LogP contribution in [0.2, 0.25) is 0 Å². The van der Waals surface area contributed by atoms with Gasteiger partial charge in [0, 0.05) is 57.5 Å². The molecule has 2 saturated heterocycles. The Kier molecular flexibility index (Phi) is 6.46. The number of rotatable bonds is 6. The average molecular weight is 496 g/mol. The monoisotopic (exact) mass is 495 g/mol. The maximum absolute atomic E-state index is 11.7. The highest BCUT2D eigenvalue weighted by Crippen LogP contribution is 2.37. The van der Waals surface area contributed by atoms with Crippen LogP contribution >= 0.6 is 11.3 Å². The van der Waals surface area contributed by atoms with E-state index in [4.69, 9.17) is 14.5 Å². The maximum atomic E-state index is 11.7. The summed E-state index contributed by atoms with van der Waals surface area (Å²) < 4.78 is 13.0. The summed E-state index contributed by atoms with van der Waals surface area (Å²) >= 11 is 1.54. The van der Waals surface area contributed by atoms with E-state index in [1.165, 1.54) is 11.3 Å². The molecule has 2 aromatic heterocycles. The van der Waals surface area contributed by atoms with Gasteiger partial charge in [0.2, 0.25) is 17.7 Å². The summed E-state index contributed by atoms with van der Waals surface area (Å²) in [6, 6.07) is 8.01. The zero-order valence-corrected chi connectivity index (χ0v) is 20.9. The van der Waals surface area contributed by atoms with E-state index in [9.17, 15) is 9.59 Å². The summed E-state index contributed by atoms with van der Waals surface area (Å²) in [5.41, 5.74) is 5.22. The van der Waals surface area contributed by atoms with Crippen molar-refractivity contribution in [2.75, 3.05) is 44.7 Å². The Morgan fingerprint density at radius 2 is 2.03 bits per heavy atom. The molecule has 2 fully saturated rings. The van der Waals surface area contributed by atoms with Gasteiger partial charge in [0.25, 0.3) is 0 Å². The molecule has 0 bridgehead atoms. The zero-order valence-electron chi connectivity index (χ0n) is 20.1. The number of aromatic nitrogens is 2. The molecule has 1 N–H and O–H groups in total. The lowest BCUT2D eigenvalue weighted by Crippen LogP contribution is -2.48. The first-order valence-electron chi connectivity index (χ1n) is 11.8. The Balaban J connectivity index is 1.42. The molecule has 184 valence electrons. The molecule has 3 aromatic rings. The minimum atomic E-state index is -0.118. The third kappa shape index (κ3) is 4.75. The number of carbonyl (C=O) groups excluding carboxylic acids is 2. The van der Waals surface area contributed by atoms with Gasteiger partial charge in [-0.15, -0.1) is 11.3 Å². The van der Waals surface area contributed by atoms with Gasteiger partial charge in [-0.1, -0.05) is 0 Å². The Morgan fingerprint density at radius 3 is 2.71 bits per heavy atom. The number of fused-ring (bicyclic) bond motifs is 1. The van der Waals surface area contributed by atoms with Crippen molar-refractivity contribution in [2.24, 2.45) is 5.92 Å². The topological polar surface area (TPSA) is 96.9 Å². The molecule has 1 aromatic carbocycles. The second-order valence-corrected chi connectivity index (χ2v) is 9.84. The van der Waals surface area contributed by atoms with Gasteiger partial charge in [0.15, 0.2) is 0 Å². The Morgan fingerprint density at radius 1 is 1.23 bits per heavy atom. The molecule has 10 heteroatoms. The van der Waals surface area contributed by atoms with E-state index >= 15 is 0 Å². The SMILES string of the molecule is COc1nc(-c2cc(O[C@H](C)[C@H]3CNC(=O)C3)c3scnc3c2)ccc1N1CCN(C(C)=O)CC1. The first-order chi connectivity index (χ1) is 16.9. The van der Waals surface area contributed by atoms with Crippen molar-refractivity contribution in [3.05, 3.63) is 29.8 Å². The van der Waals surface area contributed by atoms with Crippen LogP contribution in [-0.4, -0.2) is 72.6 Å². The molecule has 2 atom stereocenters. The Bertz CT molecular complexity index is 1250. The summed E-state index contributed by atoms with van der Waals surface area (Å²) in [6.07, 6.45) is 0.362. The number of pyridine rings is 1. The van der Waals surface area contributed by atoms with Gasteiger partial charge >= 0.3 is 0 Å².